The molecule has 2 rings (SSSR count). The number of H-pyrrole nitrogens is 1. The molecule has 3 N–H and O–H groups in total. The zero-order valence-corrected chi connectivity index (χ0v) is 10.7. The number of hydrogen-bond acceptors (Lipinski definition) is 4. The van der Waals surface area contributed by atoms with Crippen molar-refractivity contribution in [3.8, 4) is 5.75 Å². The molecule has 1 aromatic heterocycles. The first-order chi connectivity index (χ1) is 10.0. The van der Waals surface area contributed by atoms with Gasteiger partial charge in [-0.2, -0.15) is 0 Å². The van der Waals surface area contributed by atoms with Gasteiger partial charge in [0.2, 0.25) is 5.75 Å². The number of carbonyl (C=O) groups is 1. The minimum absolute atomic E-state index is 0.0397. The van der Waals surface area contributed by atoms with Gasteiger partial charge >= 0.3 is 0 Å². The van der Waals surface area contributed by atoms with Crippen LogP contribution in [0.1, 0.15) is 21.9 Å². The molecule has 2 aromatic rings. The van der Waals surface area contributed by atoms with Gasteiger partial charge in [-0.1, -0.05) is 12.1 Å². The second-order valence-corrected chi connectivity index (χ2v) is 4.15. The van der Waals surface area contributed by atoms with Gasteiger partial charge in [0.1, 0.15) is 18.3 Å². The molecule has 8 heteroatoms. The molecule has 1 aromatic carbocycles. The highest BCUT2D eigenvalue weighted by Gasteiger charge is 2.17. The van der Waals surface area contributed by atoms with Crippen LogP contribution in [0.3, 0.4) is 0 Å². The monoisotopic (exact) mass is 295 g/mol. The van der Waals surface area contributed by atoms with Gasteiger partial charge in [-0.25, -0.2) is 13.8 Å². The molecule has 0 spiro atoms. The van der Waals surface area contributed by atoms with E-state index in [1.807, 2.05) is 4.98 Å². The smallest absolute Gasteiger partial charge is 0.294 e. The molecular formula is C13H11F2N3O3. The Kier molecular flexibility index (Phi) is 4.27. The molecule has 0 radical (unpaired) electrons. The third-order valence-corrected chi connectivity index (χ3v) is 2.65. The number of amides is 1. The number of hydrogen-bond donors (Lipinski definition) is 3. The SMILES string of the molecule is O=C(NCc1ccc(F)cc1)c1nc(CF)[nH]c(=O)c1O. The maximum absolute atomic E-state index is 12.7. The van der Waals surface area contributed by atoms with Crippen molar-refractivity contribution in [2.75, 3.05) is 0 Å². The largest absolute Gasteiger partial charge is 0.501 e. The molecule has 6 nitrogen and oxygen atoms in total. The molecule has 110 valence electrons. The number of rotatable bonds is 4. The van der Waals surface area contributed by atoms with Crippen LogP contribution in [-0.4, -0.2) is 21.0 Å². The molecule has 0 aliphatic carbocycles. The Hall–Kier alpha value is -2.77. The van der Waals surface area contributed by atoms with E-state index in [2.05, 4.69) is 10.3 Å². The summed E-state index contributed by atoms with van der Waals surface area (Å²) in [6, 6.07) is 5.39. The van der Waals surface area contributed by atoms with E-state index in [4.69, 9.17) is 0 Å². The van der Waals surface area contributed by atoms with Gasteiger partial charge in [0.05, 0.1) is 0 Å². The Labute approximate surface area is 117 Å². The van der Waals surface area contributed by atoms with E-state index in [0.29, 0.717) is 5.56 Å². The van der Waals surface area contributed by atoms with Gasteiger partial charge in [0.15, 0.2) is 5.69 Å². The predicted molar refractivity (Wildman–Crippen MR) is 68.9 cm³/mol. The summed E-state index contributed by atoms with van der Waals surface area (Å²) in [5, 5.41) is 11.9. The van der Waals surface area contributed by atoms with E-state index in [9.17, 15) is 23.5 Å². The van der Waals surface area contributed by atoms with E-state index in [0.717, 1.165) is 0 Å². The van der Waals surface area contributed by atoms with Crippen molar-refractivity contribution in [2.45, 2.75) is 13.2 Å². The van der Waals surface area contributed by atoms with Crippen molar-refractivity contribution in [3.63, 3.8) is 0 Å². The minimum Gasteiger partial charge on any atom is -0.501 e. The molecule has 0 unspecified atom stereocenters. The molecule has 0 saturated heterocycles. The second kappa shape index (κ2) is 6.12. The number of aromatic hydroxyl groups is 1. The number of nitrogens with one attached hydrogen (secondary N) is 2. The first-order valence-electron chi connectivity index (χ1n) is 5.92. The standard InChI is InChI=1S/C13H11F2N3O3/c14-5-9-17-10(11(19)13(21)18-9)12(20)16-6-7-1-3-8(15)4-2-7/h1-4,19H,5-6H2,(H,16,20)(H,17,18,21). The summed E-state index contributed by atoms with van der Waals surface area (Å²) in [6.45, 7) is -1.04. The number of alkyl halides is 1. The van der Waals surface area contributed by atoms with Gasteiger partial charge in [0, 0.05) is 6.54 Å². The van der Waals surface area contributed by atoms with Crippen molar-refractivity contribution < 1.29 is 18.7 Å². The lowest BCUT2D eigenvalue weighted by atomic mass is 10.2. The average Bonchev–Trinajstić information content (AvgIpc) is 2.49. The summed E-state index contributed by atoms with van der Waals surface area (Å²) >= 11 is 0. The van der Waals surface area contributed by atoms with Gasteiger partial charge in [-0.05, 0) is 17.7 Å². The van der Waals surface area contributed by atoms with Crippen LogP contribution < -0.4 is 10.9 Å². The molecule has 0 saturated carbocycles. The first kappa shape index (κ1) is 14.6. The molecule has 0 atom stereocenters. The number of aromatic nitrogens is 2. The molecule has 21 heavy (non-hydrogen) atoms. The zero-order chi connectivity index (χ0) is 15.4. The van der Waals surface area contributed by atoms with Crippen LogP contribution in [0.5, 0.6) is 5.75 Å². The fourth-order valence-corrected chi connectivity index (χ4v) is 1.60. The second-order valence-electron chi connectivity index (χ2n) is 4.15. The van der Waals surface area contributed by atoms with Crippen LogP contribution in [-0.2, 0) is 13.2 Å². The van der Waals surface area contributed by atoms with Crippen LogP contribution in [0.4, 0.5) is 8.78 Å². The Morgan fingerprint density at radius 1 is 1.33 bits per heavy atom. The quantitative estimate of drug-likeness (QED) is 0.784. The molecule has 0 aliphatic heterocycles. The topological polar surface area (TPSA) is 95.1 Å². The van der Waals surface area contributed by atoms with Gasteiger partial charge in [0.25, 0.3) is 11.5 Å². The third-order valence-electron chi connectivity index (χ3n) is 2.65. The molecule has 0 fully saturated rings. The molecule has 0 aliphatic rings. The zero-order valence-electron chi connectivity index (χ0n) is 10.7. The highest BCUT2D eigenvalue weighted by molar-refractivity contribution is 5.94. The first-order valence-corrected chi connectivity index (χ1v) is 5.92. The summed E-state index contributed by atoms with van der Waals surface area (Å²) < 4.78 is 25.2. The van der Waals surface area contributed by atoms with Gasteiger partial charge in [-0.15, -0.1) is 0 Å². The Balaban J connectivity index is 2.15. The fourth-order valence-electron chi connectivity index (χ4n) is 1.60. The third kappa shape index (κ3) is 3.41. The lowest BCUT2D eigenvalue weighted by Crippen LogP contribution is -2.27. The van der Waals surface area contributed by atoms with Crippen molar-refractivity contribution in [1.29, 1.82) is 0 Å². The lowest BCUT2D eigenvalue weighted by molar-refractivity contribution is 0.0942. The average molecular weight is 295 g/mol. The van der Waals surface area contributed by atoms with Crippen LogP contribution in [0.2, 0.25) is 0 Å². The van der Waals surface area contributed by atoms with Crippen molar-refractivity contribution >= 4 is 5.91 Å². The van der Waals surface area contributed by atoms with E-state index >= 15 is 0 Å². The van der Waals surface area contributed by atoms with Crippen LogP contribution in [0.15, 0.2) is 29.1 Å². The number of aromatic amines is 1. The highest BCUT2D eigenvalue weighted by Crippen LogP contribution is 2.09. The summed E-state index contributed by atoms with van der Waals surface area (Å²) in [7, 11) is 0. The summed E-state index contributed by atoms with van der Waals surface area (Å²) in [5.74, 6) is -2.49. The predicted octanol–water partition coefficient (Wildman–Crippen LogP) is 1.01. The Morgan fingerprint density at radius 2 is 2.00 bits per heavy atom. The fraction of sp³-hybridized carbons (Fsp3) is 0.154. The Morgan fingerprint density at radius 3 is 2.62 bits per heavy atom. The van der Waals surface area contributed by atoms with Crippen LogP contribution in [0, 0.1) is 5.82 Å². The maximum Gasteiger partial charge on any atom is 0.294 e. The van der Waals surface area contributed by atoms with Gasteiger partial charge in [-0.3, -0.25) is 9.59 Å². The normalized spacial score (nSPS) is 10.4. The van der Waals surface area contributed by atoms with Crippen molar-refractivity contribution in [2.24, 2.45) is 0 Å². The summed E-state index contributed by atoms with van der Waals surface area (Å²) in [6.07, 6.45) is 0. The minimum atomic E-state index is -1.08. The van der Waals surface area contributed by atoms with Crippen molar-refractivity contribution in [1.82, 2.24) is 15.3 Å². The molecular weight excluding hydrogens is 284 g/mol. The van der Waals surface area contributed by atoms with Crippen LogP contribution >= 0.6 is 0 Å². The van der Waals surface area contributed by atoms with Gasteiger partial charge < -0.3 is 15.4 Å². The Bertz CT molecular complexity index is 714. The highest BCUT2D eigenvalue weighted by atomic mass is 19.1. The van der Waals surface area contributed by atoms with E-state index in [1.54, 1.807) is 0 Å². The van der Waals surface area contributed by atoms with Crippen molar-refractivity contribution in [3.05, 3.63) is 57.5 Å². The summed E-state index contributed by atoms with van der Waals surface area (Å²) in [5.41, 5.74) is -0.946. The van der Waals surface area contributed by atoms with E-state index in [-0.39, 0.29) is 12.4 Å². The van der Waals surface area contributed by atoms with E-state index in [1.165, 1.54) is 24.3 Å². The maximum atomic E-state index is 12.7. The molecule has 1 amide bonds. The number of carbonyl (C=O) groups excluding carboxylic acids is 1. The van der Waals surface area contributed by atoms with Crippen LogP contribution in [0.25, 0.3) is 0 Å². The number of nitrogens with zero attached hydrogens (tertiary/aromatic N) is 1. The summed E-state index contributed by atoms with van der Waals surface area (Å²) in [4.78, 5) is 28.7. The number of halogens is 2. The van der Waals surface area contributed by atoms with E-state index < -0.39 is 35.4 Å². The molecule has 0 bridgehead atoms. The molecule has 1 heterocycles. The lowest BCUT2D eigenvalue weighted by Gasteiger charge is -2.07. The number of benzene rings is 1.